The highest BCUT2D eigenvalue weighted by Crippen LogP contribution is 2.20. The van der Waals surface area contributed by atoms with Crippen LogP contribution in [0.25, 0.3) is 11.0 Å². The summed E-state index contributed by atoms with van der Waals surface area (Å²) in [4.78, 5) is 16.4. The van der Waals surface area contributed by atoms with Crippen LogP contribution in [0.5, 0.6) is 0 Å². The molecule has 0 aliphatic heterocycles. The third-order valence-electron chi connectivity index (χ3n) is 3.30. The molecule has 0 fully saturated rings. The van der Waals surface area contributed by atoms with E-state index in [4.69, 9.17) is 11.6 Å². The number of halogens is 1. The first-order chi connectivity index (χ1) is 10.1. The zero-order valence-corrected chi connectivity index (χ0v) is 12.3. The summed E-state index contributed by atoms with van der Waals surface area (Å²) in [5.74, 6) is -0.0939. The molecule has 0 bridgehead atoms. The van der Waals surface area contributed by atoms with E-state index in [0.29, 0.717) is 5.02 Å². The van der Waals surface area contributed by atoms with Gasteiger partial charge in [0.15, 0.2) is 0 Å². The lowest BCUT2D eigenvalue weighted by Gasteiger charge is -2.09. The zero-order chi connectivity index (χ0) is 14.8. The van der Waals surface area contributed by atoms with Gasteiger partial charge in [0.25, 0.3) is 0 Å². The lowest BCUT2D eigenvalue weighted by atomic mass is 10.2. The first-order valence-corrected chi connectivity index (χ1v) is 6.97. The number of imidazole rings is 1. The van der Waals surface area contributed by atoms with Crippen LogP contribution in [-0.2, 0) is 11.3 Å². The Morgan fingerprint density at radius 1 is 1.29 bits per heavy atom. The molecule has 0 unspecified atom stereocenters. The summed E-state index contributed by atoms with van der Waals surface area (Å²) in [6.45, 7) is 2.14. The Bertz CT molecular complexity index is 810. The Balaban J connectivity index is 1.77. The number of nitrogens with zero attached hydrogens (tertiary/aromatic N) is 2. The molecule has 106 valence electrons. The van der Waals surface area contributed by atoms with Gasteiger partial charge in [0.2, 0.25) is 5.91 Å². The van der Waals surface area contributed by atoms with Crippen LogP contribution in [0.3, 0.4) is 0 Å². The predicted molar refractivity (Wildman–Crippen MR) is 84.6 cm³/mol. The summed E-state index contributed by atoms with van der Waals surface area (Å²) in [6.07, 6.45) is 1.68. The second kappa shape index (κ2) is 5.58. The number of hydrogen-bond acceptors (Lipinski definition) is 2. The van der Waals surface area contributed by atoms with E-state index in [1.165, 1.54) is 0 Å². The molecular formula is C16H14ClN3O. The monoisotopic (exact) mass is 299 g/mol. The van der Waals surface area contributed by atoms with Crippen LogP contribution in [0.2, 0.25) is 5.02 Å². The van der Waals surface area contributed by atoms with Crippen LogP contribution in [0, 0.1) is 6.92 Å². The van der Waals surface area contributed by atoms with Gasteiger partial charge in [-0.3, -0.25) is 4.79 Å². The lowest BCUT2D eigenvalue weighted by Crippen LogP contribution is -2.18. The minimum Gasteiger partial charge on any atom is -0.324 e. The number of anilines is 1. The molecule has 0 spiro atoms. The van der Waals surface area contributed by atoms with E-state index in [0.717, 1.165) is 22.3 Å². The van der Waals surface area contributed by atoms with Gasteiger partial charge in [0.1, 0.15) is 6.54 Å². The van der Waals surface area contributed by atoms with Gasteiger partial charge >= 0.3 is 0 Å². The van der Waals surface area contributed by atoms with Crippen molar-refractivity contribution < 1.29 is 4.79 Å². The minimum atomic E-state index is -0.0939. The van der Waals surface area contributed by atoms with Crippen molar-refractivity contribution in [2.75, 3.05) is 5.32 Å². The van der Waals surface area contributed by atoms with E-state index in [-0.39, 0.29) is 12.5 Å². The van der Waals surface area contributed by atoms with Crippen LogP contribution >= 0.6 is 11.6 Å². The highest BCUT2D eigenvalue weighted by molar-refractivity contribution is 6.30. The largest absolute Gasteiger partial charge is 0.324 e. The van der Waals surface area contributed by atoms with Crippen molar-refractivity contribution in [1.29, 1.82) is 0 Å². The van der Waals surface area contributed by atoms with Gasteiger partial charge in [-0.2, -0.15) is 0 Å². The molecule has 4 nitrogen and oxygen atoms in total. The molecule has 0 radical (unpaired) electrons. The smallest absolute Gasteiger partial charge is 0.244 e. The third-order valence-corrected chi connectivity index (χ3v) is 3.54. The van der Waals surface area contributed by atoms with Gasteiger partial charge in [0.05, 0.1) is 17.4 Å². The molecule has 0 aliphatic carbocycles. The molecule has 1 N–H and O–H groups in total. The van der Waals surface area contributed by atoms with Crippen molar-refractivity contribution in [2.24, 2.45) is 0 Å². The Hall–Kier alpha value is -2.33. The fraction of sp³-hybridized carbons (Fsp3) is 0.125. The third kappa shape index (κ3) is 2.90. The number of nitrogens with one attached hydrogen (secondary N) is 1. The van der Waals surface area contributed by atoms with Crippen LogP contribution in [0.4, 0.5) is 5.69 Å². The average molecular weight is 300 g/mol. The molecule has 3 rings (SSSR count). The van der Waals surface area contributed by atoms with Gasteiger partial charge in [0, 0.05) is 10.7 Å². The highest BCUT2D eigenvalue weighted by atomic mass is 35.5. The molecule has 0 aliphatic rings. The number of aryl methyl sites for hydroxylation is 1. The maximum Gasteiger partial charge on any atom is 0.244 e. The molecule has 3 aromatic rings. The van der Waals surface area contributed by atoms with Gasteiger partial charge in [-0.05, 0) is 42.8 Å². The standard InChI is InChI=1S/C16H14ClN3O/c1-11-8-12(17)6-7-13(11)19-16(21)9-20-10-18-14-4-2-3-5-15(14)20/h2-8,10H,9H2,1H3,(H,19,21). The van der Waals surface area contributed by atoms with Crippen LogP contribution in [0.1, 0.15) is 5.56 Å². The molecule has 1 aromatic heterocycles. The summed E-state index contributed by atoms with van der Waals surface area (Å²) in [7, 11) is 0. The number of hydrogen-bond donors (Lipinski definition) is 1. The van der Waals surface area contributed by atoms with Crippen molar-refractivity contribution in [3.8, 4) is 0 Å². The fourth-order valence-corrected chi connectivity index (χ4v) is 2.47. The summed E-state index contributed by atoms with van der Waals surface area (Å²) >= 11 is 5.91. The second-order valence-corrected chi connectivity index (χ2v) is 5.31. The highest BCUT2D eigenvalue weighted by Gasteiger charge is 2.08. The van der Waals surface area contributed by atoms with Crippen molar-refractivity contribution >= 4 is 34.2 Å². The van der Waals surface area contributed by atoms with Gasteiger partial charge in [-0.25, -0.2) is 4.98 Å². The first-order valence-electron chi connectivity index (χ1n) is 6.59. The van der Waals surface area contributed by atoms with E-state index in [1.54, 1.807) is 12.4 Å². The Morgan fingerprint density at radius 3 is 2.90 bits per heavy atom. The maximum absolute atomic E-state index is 12.2. The first kappa shape index (κ1) is 13.6. The summed E-state index contributed by atoms with van der Waals surface area (Å²) < 4.78 is 1.83. The molecule has 0 saturated heterocycles. The van der Waals surface area contributed by atoms with Crippen molar-refractivity contribution in [3.05, 3.63) is 59.4 Å². The topological polar surface area (TPSA) is 46.9 Å². The van der Waals surface area contributed by atoms with Crippen molar-refractivity contribution in [2.45, 2.75) is 13.5 Å². The van der Waals surface area contributed by atoms with Gasteiger partial charge < -0.3 is 9.88 Å². The van der Waals surface area contributed by atoms with E-state index >= 15 is 0 Å². The quantitative estimate of drug-likeness (QED) is 0.802. The molecule has 5 heteroatoms. The number of para-hydroxylation sites is 2. The normalized spacial score (nSPS) is 10.8. The van der Waals surface area contributed by atoms with Crippen molar-refractivity contribution in [1.82, 2.24) is 9.55 Å². The van der Waals surface area contributed by atoms with E-state index in [1.807, 2.05) is 47.9 Å². The van der Waals surface area contributed by atoms with E-state index in [2.05, 4.69) is 10.3 Å². The SMILES string of the molecule is Cc1cc(Cl)ccc1NC(=O)Cn1cnc2ccccc21. The Kier molecular flexibility index (Phi) is 3.62. The summed E-state index contributed by atoms with van der Waals surface area (Å²) in [6, 6.07) is 13.1. The molecule has 1 amide bonds. The Labute approximate surface area is 127 Å². The molecule has 0 atom stereocenters. The summed E-state index contributed by atoms with van der Waals surface area (Å²) in [5, 5.41) is 3.55. The lowest BCUT2D eigenvalue weighted by molar-refractivity contribution is -0.116. The minimum absolute atomic E-state index is 0.0939. The predicted octanol–water partition coefficient (Wildman–Crippen LogP) is 3.64. The van der Waals surface area contributed by atoms with Crippen molar-refractivity contribution in [3.63, 3.8) is 0 Å². The molecular weight excluding hydrogens is 286 g/mol. The molecule has 2 aromatic carbocycles. The summed E-state index contributed by atoms with van der Waals surface area (Å²) in [5.41, 5.74) is 3.54. The number of benzene rings is 2. The number of aromatic nitrogens is 2. The van der Waals surface area contributed by atoms with Crippen LogP contribution in [0.15, 0.2) is 48.8 Å². The van der Waals surface area contributed by atoms with Gasteiger partial charge in [-0.15, -0.1) is 0 Å². The fourth-order valence-electron chi connectivity index (χ4n) is 2.25. The number of fused-ring (bicyclic) bond motifs is 1. The van der Waals surface area contributed by atoms with E-state index in [9.17, 15) is 4.79 Å². The molecule has 0 saturated carbocycles. The molecule has 21 heavy (non-hydrogen) atoms. The Morgan fingerprint density at radius 2 is 2.10 bits per heavy atom. The molecule has 1 heterocycles. The number of amides is 1. The number of carbonyl (C=O) groups excluding carboxylic acids is 1. The number of rotatable bonds is 3. The van der Waals surface area contributed by atoms with Crippen LogP contribution in [-0.4, -0.2) is 15.5 Å². The average Bonchev–Trinajstić information content (AvgIpc) is 2.85. The maximum atomic E-state index is 12.2. The van der Waals surface area contributed by atoms with Crippen LogP contribution < -0.4 is 5.32 Å². The zero-order valence-electron chi connectivity index (χ0n) is 11.5. The number of carbonyl (C=O) groups is 1. The van der Waals surface area contributed by atoms with Gasteiger partial charge in [-0.1, -0.05) is 23.7 Å². The van der Waals surface area contributed by atoms with E-state index < -0.39 is 0 Å². The second-order valence-electron chi connectivity index (χ2n) is 4.87.